The van der Waals surface area contributed by atoms with Crippen LogP contribution in [0.5, 0.6) is 5.75 Å². The van der Waals surface area contributed by atoms with Gasteiger partial charge in [-0.3, -0.25) is 9.36 Å². The highest BCUT2D eigenvalue weighted by Crippen LogP contribution is 2.27. The van der Waals surface area contributed by atoms with E-state index in [1.807, 2.05) is 18.2 Å². The third-order valence-electron chi connectivity index (χ3n) is 5.08. The van der Waals surface area contributed by atoms with Gasteiger partial charge in [-0.1, -0.05) is 24.3 Å². The first-order chi connectivity index (χ1) is 13.1. The number of piperazine rings is 1. The lowest BCUT2D eigenvalue weighted by Crippen LogP contribution is -2.50. The number of rotatable bonds is 3. The van der Waals surface area contributed by atoms with Crippen LogP contribution in [0, 0.1) is 0 Å². The lowest BCUT2D eigenvalue weighted by Gasteiger charge is -2.37. The lowest BCUT2D eigenvalue weighted by molar-refractivity contribution is -0.134. The van der Waals surface area contributed by atoms with Gasteiger partial charge in [-0.2, -0.15) is 0 Å². The van der Waals surface area contributed by atoms with E-state index in [-0.39, 0.29) is 11.7 Å². The Hall–Kier alpha value is -3.22. The van der Waals surface area contributed by atoms with Crippen LogP contribution in [0.3, 0.4) is 0 Å². The Labute approximate surface area is 156 Å². The van der Waals surface area contributed by atoms with Crippen LogP contribution in [0.4, 0.5) is 5.69 Å². The molecule has 7 heteroatoms. The molecule has 140 valence electrons. The zero-order chi connectivity index (χ0) is 19.0. The molecule has 0 spiro atoms. The van der Waals surface area contributed by atoms with Gasteiger partial charge in [0, 0.05) is 26.2 Å². The Morgan fingerprint density at radius 3 is 2.44 bits per heavy atom. The first-order valence-electron chi connectivity index (χ1n) is 8.98. The molecule has 3 aromatic rings. The number of benzene rings is 2. The van der Waals surface area contributed by atoms with Crippen molar-refractivity contribution < 1.29 is 14.3 Å². The second-order valence-electron chi connectivity index (χ2n) is 6.68. The van der Waals surface area contributed by atoms with Gasteiger partial charge in [-0.05, 0) is 31.2 Å². The molecule has 2 aromatic carbocycles. The molecule has 1 aliphatic rings. The van der Waals surface area contributed by atoms with Crippen LogP contribution < -0.4 is 10.7 Å². The van der Waals surface area contributed by atoms with Crippen molar-refractivity contribution in [3.8, 4) is 5.75 Å². The van der Waals surface area contributed by atoms with Crippen LogP contribution in [0.25, 0.3) is 11.1 Å². The molecule has 1 aromatic heterocycles. The molecule has 1 amide bonds. The number of phenolic OH excluding ortho intramolecular Hbond substituents is 1. The standard InChI is InChI=1S/C20H21N3O4/c1-14(23-16-7-3-5-9-18(16)27-20(23)26)19(25)22-12-10-21(11-13-22)15-6-2-4-8-17(15)24/h2-9,14,24H,10-13H2,1H3. The fourth-order valence-electron chi connectivity index (χ4n) is 3.62. The number of hydrogen-bond acceptors (Lipinski definition) is 5. The summed E-state index contributed by atoms with van der Waals surface area (Å²) in [6, 6.07) is 13.7. The van der Waals surface area contributed by atoms with Gasteiger partial charge in [0.25, 0.3) is 0 Å². The Morgan fingerprint density at radius 2 is 1.70 bits per heavy atom. The van der Waals surface area contributed by atoms with Crippen molar-refractivity contribution in [2.75, 3.05) is 31.1 Å². The average molecular weight is 367 g/mol. The number of hydrogen-bond donors (Lipinski definition) is 1. The molecule has 27 heavy (non-hydrogen) atoms. The van der Waals surface area contributed by atoms with Crippen LogP contribution in [-0.2, 0) is 4.79 Å². The third-order valence-corrected chi connectivity index (χ3v) is 5.08. The maximum absolute atomic E-state index is 13.0. The van der Waals surface area contributed by atoms with Crippen molar-refractivity contribution in [1.29, 1.82) is 0 Å². The molecule has 0 radical (unpaired) electrons. The van der Waals surface area contributed by atoms with Crippen LogP contribution >= 0.6 is 0 Å². The second kappa shape index (κ2) is 6.83. The largest absolute Gasteiger partial charge is 0.506 e. The summed E-state index contributed by atoms with van der Waals surface area (Å²) >= 11 is 0. The molecule has 0 aliphatic carbocycles. The fourth-order valence-corrected chi connectivity index (χ4v) is 3.62. The van der Waals surface area contributed by atoms with Gasteiger partial charge >= 0.3 is 5.76 Å². The predicted octanol–water partition coefficient (Wildman–Crippen LogP) is 2.21. The van der Waals surface area contributed by atoms with Crippen molar-refractivity contribution >= 4 is 22.7 Å². The van der Waals surface area contributed by atoms with Gasteiger partial charge in [-0.25, -0.2) is 4.79 Å². The molecule has 2 heterocycles. The highest BCUT2D eigenvalue weighted by Gasteiger charge is 2.28. The summed E-state index contributed by atoms with van der Waals surface area (Å²) in [7, 11) is 0. The van der Waals surface area contributed by atoms with E-state index in [1.54, 1.807) is 42.2 Å². The Bertz CT molecular complexity index is 1030. The van der Waals surface area contributed by atoms with E-state index in [0.29, 0.717) is 37.3 Å². The number of para-hydroxylation sites is 4. The number of aromatic nitrogens is 1. The van der Waals surface area contributed by atoms with Gasteiger partial charge in [0.15, 0.2) is 5.58 Å². The molecule has 1 N–H and O–H groups in total. The molecule has 1 fully saturated rings. The maximum Gasteiger partial charge on any atom is 0.420 e. The monoisotopic (exact) mass is 367 g/mol. The number of phenols is 1. The van der Waals surface area contributed by atoms with E-state index >= 15 is 0 Å². The summed E-state index contributed by atoms with van der Waals surface area (Å²) in [4.78, 5) is 29.0. The van der Waals surface area contributed by atoms with Crippen molar-refractivity contribution in [1.82, 2.24) is 9.47 Å². The first kappa shape index (κ1) is 17.2. The van der Waals surface area contributed by atoms with E-state index in [9.17, 15) is 14.7 Å². The third kappa shape index (κ3) is 3.05. The SMILES string of the molecule is CC(C(=O)N1CCN(c2ccccc2O)CC1)n1c(=O)oc2ccccc21. The zero-order valence-electron chi connectivity index (χ0n) is 15.0. The van der Waals surface area contributed by atoms with Crippen molar-refractivity contribution in [2.45, 2.75) is 13.0 Å². The van der Waals surface area contributed by atoms with E-state index < -0.39 is 11.8 Å². The first-order valence-corrected chi connectivity index (χ1v) is 8.98. The number of nitrogens with zero attached hydrogens (tertiary/aromatic N) is 3. The highest BCUT2D eigenvalue weighted by molar-refractivity contribution is 5.83. The molecule has 1 aliphatic heterocycles. The Kier molecular flexibility index (Phi) is 4.35. The van der Waals surface area contributed by atoms with Crippen LogP contribution in [0.15, 0.2) is 57.7 Å². The summed E-state index contributed by atoms with van der Waals surface area (Å²) in [6.45, 7) is 4.03. The number of aromatic hydroxyl groups is 1. The summed E-state index contributed by atoms with van der Waals surface area (Å²) in [5.41, 5.74) is 1.87. The summed E-state index contributed by atoms with van der Waals surface area (Å²) in [5.74, 6) is -0.396. The average Bonchev–Trinajstić information content (AvgIpc) is 3.03. The van der Waals surface area contributed by atoms with Crippen molar-refractivity contribution in [2.24, 2.45) is 0 Å². The van der Waals surface area contributed by atoms with Crippen LogP contribution in [0.2, 0.25) is 0 Å². The topological polar surface area (TPSA) is 78.9 Å². The fraction of sp³-hybridized carbons (Fsp3) is 0.300. The van der Waals surface area contributed by atoms with Gasteiger partial charge in [0.1, 0.15) is 11.8 Å². The zero-order valence-corrected chi connectivity index (χ0v) is 15.0. The minimum atomic E-state index is -0.641. The molecule has 0 bridgehead atoms. The van der Waals surface area contributed by atoms with E-state index in [0.717, 1.165) is 5.69 Å². The molecular formula is C20H21N3O4. The Balaban J connectivity index is 1.50. The normalized spacial score (nSPS) is 15.9. The minimum Gasteiger partial charge on any atom is -0.506 e. The van der Waals surface area contributed by atoms with Gasteiger partial charge in [0.05, 0.1) is 11.2 Å². The molecule has 4 rings (SSSR count). The second-order valence-corrected chi connectivity index (χ2v) is 6.68. The molecule has 1 unspecified atom stereocenters. The molecule has 0 saturated carbocycles. The van der Waals surface area contributed by atoms with Crippen LogP contribution in [-0.4, -0.2) is 46.7 Å². The van der Waals surface area contributed by atoms with Gasteiger partial charge in [-0.15, -0.1) is 0 Å². The summed E-state index contributed by atoms with van der Waals surface area (Å²) in [6.07, 6.45) is 0. The van der Waals surface area contributed by atoms with Crippen LogP contribution in [0.1, 0.15) is 13.0 Å². The number of oxazole rings is 1. The van der Waals surface area contributed by atoms with Crippen molar-refractivity contribution in [3.05, 3.63) is 59.1 Å². The van der Waals surface area contributed by atoms with E-state index in [4.69, 9.17) is 4.42 Å². The summed E-state index contributed by atoms with van der Waals surface area (Å²) < 4.78 is 6.66. The van der Waals surface area contributed by atoms with E-state index in [2.05, 4.69) is 4.90 Å². The van der Waals surface area contributed by atoms with Gasteiger partial charge < -0.3 is 19.3 Å². The molecule has 7 nitrogen and oxygen atoms in total. The minimum absolute atomic E-state index is 0.111. The number of anilines is 1. The molecule has 1 atom stereocenters. The summed E-state index contributed by atoms with van der Waals surface area (Å²) in [5, 5.41) is 10.0. The number of carbonyl (C=O) groups is 1. The quantitative estimate of drug-likeness (QED) is 0.768. The van der Waals surface area contributed by atoms with E-state index in [1.165, 1.54) is 4.57 Å². The number of carbonyl (C=O) groups excluding carboxylic acids is 1. The highest BCUT2D eigenvalue weighted by atomic mass is 16.4. The van der Waals surface area contributed by atoms with Gasteiger partial charge in [0.2, 0.25) is 5.91 Å². The smallest absolute Gasteiger partial charge is 0.420 e. The lowest BCUT2D eigenvalue weighted by atomic mass is 10.2. The number of fused-ring (bicyclic) bond motifs is 1. The predicted molar refractivity (Wildman–Crippen MR) is 102 cm³/mol. The number of amides is 1. The molecular weight excluding hydrogens is 346 g/mol. The Morgan fingerprint density at radius 1 is 1.04 bits per heavy atom. The maximum atomic E-state index is 13.0. The van der Waals surface area contributed by atoms with Crippen molar-refractivity contribution in [3.63, 3.8) is 0 Å². The molecule has 1 saturated heterocycles.